The third-order valence-electron chi connectivity index (χ3n) is 8.10. The first-order valence-corrected chi connectivity index (χ1v) is 13.7. The zero-order chi connectivity index (χ0) is 25.8. The Morgan fingerprint density at radius 1 is 1.08 bits per heavy atom. The number of rotatable bonds is 9. The first-order valence-electron chi connectivity index (χ1n) is 13.7. The molecule has 2 aromatic carbocycles. The molecule has 194 valence electrons. The molecule has 1 atom stereocenters. The Kier molecular flexibility index (Phi) is 7.79. The fourth-order valence-corrected chi connectivity index (χ4v) is 5.78. The first kappa shape index (κ1) is 25.3. The molecule has 4 aromatic rings. The van der Waals surface area contributed by atoms with E-state index in [1.807, 2.05) is 6.07 Å². The van der Waals surface area contributed by atoms with Crippen LogP contribution >= 0.6 is 0 Å². The van der Waals surface area contributed by atoms with Crippen LogP contribution in [0.25, 0.3) is 10.9 Å². The van der Waals surface area contributed by atoms with Crippen LogP contribution in [0.4, 0.5) is 0 Å². The molecule has 2 aromatic heterocycles. The number of aromatic nitrogens is 5. The topological polar surface area (TPSA) is 79.7 Å². The summed E-state index contributed by atoms with van der Waals surface area (Å²) in [5.74, 6) is 0.922. The van der Waals surface area contributed by atoms with E-state index in [0.717, 1.165) is 60.1 Å². The first-order chi connectivity index (χ1) is 18.0. The molecule has 2 heterocycles. The summed E-state index contributed by atoms with van der Waals surface area (Å²) in [7, 11) is 0. The van der Waals surface area contributed by atoms with Gasteiger partial charge >= 0.3 is 0 Å². The molecule has 7 nitrogen and oxygen atoms in total. The van der Waals surface area contributed by atoms with E-state index >= 15 is 0 Å². The van der Waals surface area contributed by atoms with Crippen molar-refractivity contribution in [3.8, 4) is 0 Å². The van der Waals surface area contributed by atoms with Gasteiger partial charge in [0.05, 0.1) is 17.6 Å². The normalized spacial score (nSPS) is 15.5. The molecule has 1 aliphatic carbocycles. The number of hydrogen-bond donors (Lipinski definition) is 1. The van der Waals surface area contributed by atoms with Crippen molar-refractivity contribution in [3.05, 3.63) is 87.0 Å². The largest absolute Gasteiger partial charge is 0.321 e. The third-order valence-corrected chi connectivity index (χ3v) is 8.10. The Labute approximate surface area is 218 Å². The van der Waals surface area contributed by atoms with Gasteiger partial charge in [-0.3, -0.25) is 9.69 Å². The van der Waals surface area contributed by atoms with Crippen molar-refractivity contribution in [2.75, 3.05) is 6.54 Å². The van der Waals surface area contributed by atoms with Crippen LogP contribution in [0.3, 0.4) is 0 Å². The molecule has 1 saturated carbocycles. The summed E-state index contributed by atoms with van der Waals surface area (Å²) in [6, 6.07) is 17.2. The fraction of sp³-hybridized carbons (Fsp3) is 0.467. The molecule has 0 spiro atoms. The molecule has 0 amide bonds. The number of H-pyrrole nitrogens is 1. The van der Waals surface area contributed by atoms with Crippen LogP contribution in [0.2, 0.25) is 0 Å². The molecule has 1 aliphatic rings. The van der Waals surface area contributed by atoms with E-state index in [0.29, 0.717) is 12.6 Å². The van der Waals surface area contributed by atoms with Gasteiger partial charge in [-0.05, 0) is 78.1 Å². The predicted octanol–water partition coefficient (Wildman–Crippen LogP) is 5.83. The Morgan fingerprint density at radius 2 is 1.86 bits per heavy atom. The SMILES string of the molecule is CC[C@H](c1nnnn1C1CCCCC1)N(CCc1ccccc1)Cc1cc2ccc(C)c(C)c2[nH]c1=O. The predicted molar refractivity (Wildman–Crippen MR) is 148 cm³/mol. The Morgan fingerprint density at radius 3 is 2.62 bits per heavy atom. The molecule has 37 heavy (non-hydrogen) atoms. The Bertz CT molecular complexity index is 1390. The van der Waals surface area contributed by atoms with Crippen LogP contribution < -0.4 is 5.56 Å². The summed E-state index contributed by atoms with van der Waals surface area (Å²) >= 11 is 0. The van der Waals surface area contributed by atoms with Gasteiger partial charge in [0.2, 0.25) is 0 Å². The van der Waals surface area contributed by atoms with Crippen LogP contribution in [0.5, 0.6) is 0 Å². The molecular weight excluding hydrogens is 460 g/mol. The zero-order valence-electron chi connectivity index (χ0n) is 22.3. The van der Waals surface area contributed by atoms with E-state index in [1.54, 1.807) is 0 Å². The smallest absolute Gasteiger partial charge is 0.252 e. The minimum Gasteiger partial charge on any atom is -0.321 e. The minimum atomic E-state index is -0.0207. The second-order valence-electron chi connectivity index (χ2n) is 10.5. The van der Waals surface area contributed by atoms with E-state index in [9.17, 15) is 4.79 Å². The van der Waals surface area contributed by atoms with Crippen LogP contribution in [0.15, 0.2) is 53.3 Å². The number of aryl methyl sites for hydroxylation is 2. The molecule has 0 bridgehead atoms. The van der Waals surface area contributed by atoms with Crippen molar-refractivity contribution in [1.29, 1.82) is 0 Å². The van der Waals surface area contributed by atoms with Crippen molar-refractivity contribution in [2.45, 2.75) is 84.3 Å². The maximum atomic E-state index is 13.3. The highest BCUT2D eigenvalue weighted by atomic mass is 16.1. The van der Waals surface area contributed by atoms with Crippen molar-refractivity contribution >= 4 is 10.9 Å². The summed E-state index contributed by atoms with van der Waals surface area (Å²) in [6.45, 7) is 7.69. The van der Waals surface area contributed by atoms with Gasteiger partial charge < -0.3 is 4.98 Å². The van der Waals surface area contributed by atoms with E-state index in [4.69, 9.17) is 0 Å². The van der Waals surface area contributed by atoms with E-state index < -0.39 is 0 Å². The summed E-state index contributed by atoms with van der Waals surface area (Å²) < 4.78 is 2.08. The highest BCUT2D eigenvalue weighted by Crippen LogP contribution is 2.32. The minimum absolute atomic E-state index is 0.0207. The highest BCUT2D eigenvalue weighted by Gasteiger charge is 2.29. The number of hydrogen-bond acceptors (Lipinski definition) is 5. The van der Waals surface area contributed by atoms with Crippen molar-refractivity contribution in [3.63, 3.8) is 0 Å². The summed E-state index contributed by atoms with van der Waals surface area (Å²) in [5.41, 5.74) is 5.28. The van der Waals surface area contributed by atoms with Crippen molar-refractivity contribution in [2.24, 2.45) is 0 Å². The molecule has 1 N–H and O–H groups in total. The number of tetrazole rings is 1. The molecule has 7 heteroatoms. The van der Waals surface area contributed by atoms with Crippen molar-refractivity contribution < 1.29 is 0 Å². The number of pyridine rings is 1. The lowest BCUT2D eigenvalue weighted by molar-refractivity contribution is 0.165. The van der Waals surface area contributed by atoms with Gasteiger partial charge in [-0.1, -0.05) is 68.7 Å². The average Bonchev–Trinajstić information content (AvgIpc) is 3.41. The number of nitrogens with one attached hydrogen (secondary N) is 1. The second kappa shape index (κ2) is 11.4. The lowest BCUT2D eigenvalue weighted by Crippen LogP contribution is -2.35. The van der Waals surface area contributed by atoms with E-state index in [1.165, 1.54) is 30.4 Å². The number of aromatic amines is 1. The van der Waals surface area contributed by atoms with Gasteiger partial charge in [-0.25, -0.2) is 4.68 Å². The molecule has 0 radical (unpaired) electrons. The van der Waals surface area contributed by atoms with Gasteiger partial charge in [0.1, 0.15) is 0 Å². The zero-order valence-corrected chi connectivity index (χ0v) is 22.3. The van der Waals surface area contributed by atoms with Gasteiger partial charge in [0.25, 0.3) is 5.56 Å². The number of fused-ring (bicyclic) bond motifs is 1. The summed E-state index contributed by atoms with van der Waals surface area (Å²) in [5, 5.41) is 14.2. The Balaban J connectivity index is 1.49. The van der Waals surface area contributed by atoms with Crippen molar-refractivity contribution in [1.82, 2.24) is 30.1 Å². The maximum Gasteiger partial charge on any atom is 0.252 e. The van der Waals surface area contributed by atoms with Crippen LogP contribution in [0, 0.1) is 13.8 Å². The van der Waals surface area contributed by atoms with Crippen LogP contribution in [-0.2, 0) is 13.0 Å². The van der Waals surface area contributed by atoms with Gasteiger partial charge in [-0.2, -0.15) is 0 Å². The lowest BCUT2D eigenvalue weighted by atomic mass is 9.95. The van der Waals surface area contributed by atoms with Crippen LogP contribution in [-0.4, -0.2) is 36.6 Å². The third kappa shape index (κ3) is 5.52. The molecule has 5 rings (SSSR count). The van der Waals surface area contributed by atoms with E-state index in [-0.39, 0.29) is 11.6 Å². The fourth-order valence-electron chi connectivity index (χ4n) is 5.78. The average molecular weight is 499 g/mol. The second-order valence-corrected chi connectivity index (χ2v) is 10.5. The standard InChI is InChI=1S/C30H38N6O/c1-4-27(29-32-33-34-36(29)26-13-9-6-10-14-26)35(18-17-23-11-7-5-8-12-23)20-25-19-24-16-15-21(2)22(3)28(24)31-30(25)37/h5,7-8,11-12,15-16,19,26-27H,4,6,9-10,13-14,17-18,20H2,1-3H3,(H,31,37)/t27-/m1/s1. The number of benzene rings is 2. The monoisotopic (exact) mass is 498 g/mol. The maximum absolute atomic E-state index is 13.3. The molecular formula is C30H38N6O. The molecule has 0 saturated heterocycles. The Hall–Kier alpha value is -3.32. The number of nitrogens with zero attached hydrogens (tertiary/aromatic N) is 5. The summed E-state index contributed by atoms with van der Waals surface area (Å²) in [6.07, 6.45) is 7.76. The van der Waals surface area contributed by atoms with Gasteiger partial charge in [0, 0.05) is 18.7 Å². The molecule has 0 aliphatic heterocycles. The summed E-state index contributed by atoms with van der Waals surface area (Å²) in [4.78, 5) is 18.9. The van der Waals surface area contributed by atoms with E-state index in [2.05, 4.69) is 93.3 Å². The lowest BCUT2D eigenvalue weighted by Gasteiger charge is -2.32. The molecule has 1 fully saturated rings. The van der Waals surface area contributed by atoms with Gasteiger partial charge in [-0.15, -0.1) is 5.10 Å². The molecule has 0 unspecified atom stereocenters. The van der Waals surface area contributed by atoms with Crippen LogP contribution in [0.1, 0.15) is 85.6 Å². The highest BCUT2D eigenvalue weighted by molar-refractivity contribution is 5.83. The van der Waals surface area contributed by atoms with Gasteiger partial charge in [0.15, 0.2) is 5.82 Å². The quantitative estimate of drug-likeness (QED) is 0.314.